The Morgan fingerprint density at radius 1 is 0.519 bits per heavy atom. The molecule has 310 valence electrons. The maximum absolute atomic E-state index is 13.6. The SMILES string of the molecule is C[N+](C)(C)CSC(CC(=O)OCCCCCCC(F)(F)C(F)(F)C(F)(F)C(F)(F)F)C(=O)OCCCCCCC(F)(F)C(F)(F)C(F)(F)C(F)(F)F. The number of hydrogen-bond acceptors (Lipinski definition) is 5. The fourth-order valence-corrected chi connectivity index (χ4v) is 5.01. The summed E-state index contributed by atoms with van der Waals surface area (Å²) in [6.07, 6.45) is -21.3. The second-order valence-corrected chi connectivity index (χ2v) is 13.9. The van der Waals surface area contributed by atoms with Crippen molar-refractivity contribution in [3.63, 3.8) is 0 Å². The normalized spacial score (nSPS) is 15.1. The maximum Gasteiger partial charge on any atom is 0.460 e. The number of halogens is 18. The molecule has 0 amide bonds. The number of alkyl halides is 18. The lowest BCUT2D eigenvalue weighted by Gasteiger charge is -2.33. The van der Waals surface area contributed by atoms with E-state index in [1.807, 2.05) is 0 Å². The minimum Gasteiger partial charge on any atom is -0.466 e. The van der Waals surface area contributed by atoms with Crippen molar-refractivity contribution in [3.8, 4) is 0 Å². The van der Waals surface area contributed by atoms with E-state index in [1.54, 1.807) is 21.1 Å². The monoisotopic (exact) mass is 826 g/mol. The molecule has 0 N–H and O–H groups in total. The van der Waals surface area contributed by atoms with E-state index in [0.717, 1.165) is 11.8 Å². The summed E-state index contributed by atoms with van der Waals surface area (Å²) >= 11 is 0.948. The van der Waals surface area contributed by atoms with Crippen LogP contribution in [0.25, 0.3) is 0 Å². The Balaban J connectivity index is 4.79. The number of hydrogen-bond donors (Lipinski definition) is 0. The molecule has 0 heterocycles. The molecule has 0 aliphatic carbocycles. The lowest BCUT2D eigenvalue weighted by molar-refractivity contribution is -0.857. The Morgan fingerprint density at radius 2 is 0.865 bits per heavy atom. The summed E-state index contributed by atoms with van der Waals surface area (Å²) in [5, 5.41) is -1.18. The molecule has 1 unspecified atom stereocenters. The smallest absolute Gasteiger partial charge is 0.460 e. The molecule has 0 aliphatic rings. The topological polar surface area (TPSA) is 52.6 Å². The van der Waals surface area contributed by atoms with E-state index in [2.05, 4.69) is 0 Å². The summed E-state index contributed by atoms with van der Waals surface area (Å²) in [5.74, 6) is -40.5. The predicted octanol–water partition coefficient (Wildman–Crippen LogP) is 10.1. The molecule has 52 heavy (non-hydrogen) atoms. The highest BCUT2D eigenvalue weighted by molar-refractivity contribution is 8.00. The van der Waals surface area contributed by atoms with Crippen LogP contribution in [0.5, 0.6) is 0 Å². The molecular formula is C28H38F18NO4S+. The molecule has 0 aromatic carbocycles. The van der Waals surface area contributed by atoms with Gasteiger partial charge < -0.3 is 14.0 Å². The highest BCUT2D eigenvalue weighted by Crippen LogP contribution is 2.55. The van der Waals surface area contributed by atoms with Gasteiger partial charge in [0, 0.05) is 12.8 Å². The lowest BCUT2D eigenvalue weighted by atomic mass is 9.98. The van der Waals surface area contributed by atoms with E-state index in [1.165, 1.54) is 0 Å². The van der Waals surface area contributed by atoms with E-state index in [-0.39, 0.29) is 48.9 Å². The fraction of sp³-hybridized carbons (Fsp3) is 0.929. The van der Waals surface area contributed by atoms with Crippen LogP contribution in [-0.4, -0.2) is 110 Å². The molecule has 0 bridgehead atoms. The molecule has 5 nitrogen and oxygen atoms in total. The van der Waals surface area contributed by atoms with Gasteiger partial charge in [0.05, 0.1) is 40.8 Å². The molecule has 1 atom stereocenters. The van der Waals surface area contributed by atoms with Gasteiger partial charge in [-0.3, -0.25) is 9.59 Å². The molecule has 0 aromatic heterocycles. The first kappa shape index (κ1) is 50.0. The minimum absolute atomic E-state index is 0.0815. The van der Waals surface area contributed by atoms with Gasteiger partial charge in [-0.1, -0.05) is 37.4 Å². The summed E-state index contributed by atoms with van der Waals surface area (Å²) in [6.45, 7) is -0.787. The molecule has 0 saturated carbocycles. The summed E-state index contributed by atoms with van der Waals surface area (Å²) in [7, 11) is 5.16. The number of ether oxygens (including phenoxy) is 2. The van der Waals surface area contributed by atoms with Gasteiger partial charge >= 0.3 is 59.8 Å². The summed E-state index contributed by atoms with van der Waals surface area (Å²) < 4.78 is 243. The van der Waals surface area contributed by atoms with Crippen LogP contribution in [0.4, 0.5) is 79.0 Å². The standard InChI is InChI=1S/C28H38F18NO4S/c1-47(2,3)17-52-18(20(49)51-15-11-7-5-9-13-22(31,32)24(35,36)26(39,40)28(44,45)46)16-19(48)50-14-10-6-4-8-12-21(29,30)23(33,34)25(37,38)27(41,42)43/h18H,4-17H2,1-3H3/q+1. The van der Waals surface area contributed by atoms with Crippen LogP contribution in [0.15, 0.2) is 0 Å². The average Bonchev–Trinajstić information content (AvgIpc) is 2.95. The first-order chi connectivity index (χ1) is 23.1. The Hall–Kier alpha value is -2.01. The third-order valence-corrected chi connectivity index (χ3v) is 8.66. The molecule has 0 rings (SSSR count). The Labute approximate surface area is 290 Å². The Morgan fingerprint density at radius 3 is 1.21 bits per heavy atom. The average molecular weight is 827 g/mol. The van der Waals surface area contributed by atoms with Crippen molar-refractivity contribution in [1.29, 1.82) is 0 Å². The summed E-state index contributed by atoms with van der Waals surface area (Å²) in [5.41, 5.74) is 0. The van der Waals surface area contributed by atoms with E-state index in [4.69, 9.17) is 9.47 Å². The third-order valence-electron chi connectivity index (χ3n) is 6.97. The number of thioether (sulfide) groups is 1. The highest BCUT2D eigenvalue weighted by atomic mass is 32.2. The van der Waals surface area contributed by atoms with Crippen LogP contribution in [0.3, 0.4) is 0 Å². The first-order valence-electron chi connectivity index (χ1n) is 15.2. The quantitative estimate of drug-likeness (QED) is 0.0319. The predicted molar refractivity (Wildman–Crippen MR) is 149 cm³/mol. The molecule has 0 radical (unpaired) electrons. The first-order valence-corrected chi connectivity index (χ1v) is 16.3. The van der Waals surface area contributed by atoms with Crippen molar-refractivity contribution in [1.82, 2.24) is 0 Å². The largest absolute Gasteiger partial charge is 0.466 e. The number of rotatable bonds is 24. The maximum atomic E-state index is 13.6. The lowest BCUT2D eigenvalue weighted by Crippen LogP contribution is -2.60. The van der Waals surface area contributed by atoms with Gasteiger partial charge in [-0.15, -0.1) is 0 Å². The van der Waals surface area contributed by atoms with E-state index in [9.17, 15) is 88.6 Å². The highest BCUT2D eigenvalue weighted by Gasteiger charge is 2.82. The van der Waals surface area contributed by atoms with Crippen LogP contribution in [0, 0.1) is 0 Å². The molecule has 24 heteroatoms. The van der Waals surface area contributed by atoms with Crippen molar-refractivity contribution in [3.05, 3.63) is 0 Å². The molecule has 0 spiro atoms. The number of quaternary nitrogens is 1. The molecule has 0 saturated heterocycles. The van der Waals surface area contributed by atoms with Crippen LogP contribution in [0.2, 0.25) is 0 Å². The Bertz CT molecular complexity index is 1120. The van der Waals surface area contributed by atoms with E-state index in [0.29, 0.717) is 0 Å². The second-order valence-electron chi connectivity index (χ2n) is 12.7. The van der Waals surface area contributed by atoms with Gasteiger partial charge in [-0.05, 0) is 25.7 Å². The second kappa shape index (κ2) is 18.5. The van der Waals surface area contributed by atoms with Crippen molar-refractivity contribution in [2.24, 2.45) is 0 Å². The van der Waals surface area contributed by atoms with Gasteiger partial charge in [0.2, 0.25) is 0 Å². The molecular weight excluding hydrogens is 788 g/mol. The van der Waals surface area contributed by atoms with Crippen LogP contribution < -0.4 is 0 Å². The van der Waals surface area contributed by atoms with Crippen LogP contribution >= 0.6 is 11.8 Å². The Kier molecular flexibility index (Phi) is 17.8. The van der Waals surface area contributed by atoms with Crippen molar-refractivity contribution in [2.75, 3.05) is 40.2 Å². The van der Waals surface area contributed by atoms with Crippen LogP contribution in [-0.2, 0) is 19.1 Å². The van der Waals surface area contributed by atoms with Gasteiger partial charge in [0.1, 0.15) is 11.1 Å². The van der Waals surface area contributed by atoms with E-state index >= 15 is 0 Å². The third kappa shape index (κ3) is 13.7. The number of nitrogens with zero attached hydrogens (tertiary/aromatic N) is 1. The zero-order chi connectivity index (χ0) is 41.3. The molecule has 0 aromatic rings. The van der Waals surface area contributed by atoms with Crippen molar-refractivity contribution >= 4 is 23.7 Å². The van der Waals surface area contributed by atoms with Crippen molar-refractivity contribution < 1.29 is 103 Å². The summed E-state index contributed by atoms with van der Waals surface area (Å²) in [6, 6.07) is 0. The molecule has 0 aliphatic heterocycles. The molecule has 0 fully saturated rings. The number of carbonyl (C=O) groups is 2. The number of carbonyl (C=O) groups excluding carboxylic acids is 2. The van der Waals surface area contributed by atoms with Gasteiger partial charge in [0.15, 0.2) is 0 Å². The minimum atomic E-state index is -6.99. The van der Waals surface area contributed by atoms with Gasteiger partial charge in [-0.2, -0.15) is 79.0 Å². The fourth-order valence-electron chi connectivity index (χ4n) is 3.92. The van der Waals surface area contributed by atoms with Gasteiger partial charge in [-0.25, -0.2) is 0 Å². The van der Waals surface area contributed by atoms with Crippen LogP contribution in [0.1, 0.15) is 70.6 Å². The van der Waals surface area contributed by atoms with E-state index < -0.39 is 110 Å². The summed E-state index contributed by atoms with van der Waals surface area (Å²) in [4.78, 5) is 24.9. The van der Waals surface area contributed by atoms with Crippen molar-refractivity contribution in [2.45, 2.75) is 124 Å². The number of unbranched alkanes of at least 4 members (excludes halogenated alkanes) is 6. The zero-order valence-electron chi connectivity index (χ0n) is 27.8. The zero-order valence-corrected chi connectivity index (χ0v) is 28.6. The number of esters is 2. The van der Waals surface area contributed by atoms with Gasteiger partial charge in [0.25, 0.3) is 0 Å².